The minimum absolute atomic E-state index is 0.0248. The second-order valence-corrected chi connectivity index (χ2v) is 11.2. The predicted molar refractivity (Wildman–Crippen MR) is 122 cm³/mol. The van der Waals surface area contributed by atoms with Gasteiger partial charge in [-0.15, -0.1) is 4.49 Å². The molecule has 0 spiro atoms. The Labute approximate surface area is 192 Å². The average Bonchev–Trinajstić information content (AvgIpc) is 3.03. The van der Waals surface area contributed by atoms with Gasteiger partial charge in [0.2, 0.25) is 0 Å². The first-order valence-electron chi connectivity index (χ1n) is 10.0. The maximum atomic E-state index is 12.9. The number of sulfonamides is 1. The van der Waals surface area contributed by atoms with E-state index >= 15 is 0 Å². The molecule has 0 radical (unpaired) electrons. The van der Waals surface area contributed by atoms with Gasteiger partial charge in [0.25, 0.3) is 15.9 Å². The van der Waals surface area contributed by atoms with Crippen LogP contribution in [0.2, 0.25) is 5.02 Å². The molecule has 0 saturated carbocycles. The summed E-state index contributed by atoms with van der Waals surface area (Å²) >= 11 is 6.10. The number of para-hydroxylation sites is 1. The van der Waals surface area contributed by atoms with E-state index < -0.39 is 28.6 Å². The third-order valence-corrected chi connectivity index (χ3v) is 9.15. The van der Waals surface area contributed by atoms with Crippen molar-refractivity contribution in [3.05, 3.63) is 58.6 Å². The van der Waals surface area contributed by atoms with Gasteiger partial charge in [0.1, 0.15) is 4.90 Å². The van der Waals surface area contributed by atoms with E-state index in [1.807, 2.05) is 35.7 Å². The number of nitrogens with zero attached hydrogens (tertiary/aromatic N) is 1. The number of anilines is 1. The van der Waals surface area contributed by atoms with Crippen LogP contribution in [0, 0.1) is 0 Å². The van der Waals surface area contributed by atoms with Gasteiger partial charge in [-0.3, -0.25) is 24.3 Å². The molecule has 0 aliphatic carbocycles. The van der Waals surface area contributed by atoms with Crippen LogP contribution in [0.25, 0.3) is 0 Å². The highest BCUT2D eigenvalue weighted by Crippen LogP contribution is 2.45. The standard InChI is InChI=1S/C20H25ClN3O6PS/c1-4-29-31(26,30-5-2)23-32(27,28)19-13-16(10-11-17(19)21)20(25)22-24-14(3)12-15-8-6-7-9-18(15)24/h6-11,13-14H,4-5,12H2,1-3H3,(H,22,25)(H,23,26). The van der Waals surface area contributed by atoms with Gasteiger partial charge in [-0.05, 0) is 57.0 Å². The van der Waals surface area contributed by atoms with E-state index in [1.165, 1.54) is 12.1 Å². The number of amides is 1. The molecule has 1 aliphatic rings. The number of rotatable bonds is 9. The van der Waals surface area contributed by atoms with Crippen LogP contribution in [0.5, 0.6) is 0 Å². The second kappa shape index (κ2) is 9.91. The number of nitrogens with one attached hydrogen (secondary N) is 2. The molecule has 1 atom stereocenters. The van der Waals surface area contributed by atoms with Crippen LogP contribution >= 0.6 is 19.3 Å². The fraction of sp³-hybridized carbons (Fsp3) is 0.350. The lowest BCUT2D eigenvalue weighted by atomic mass is 10.1. The third-order valence-electron chi connectivity index (χ3n) is 4.74. The quantitative estimate of drug-likeness (QED) is 0.501. The SMILES string of the molecule is CCOP(=O)(NS(=O)(=O)c1cc(C(=O)NN2c3ccccc3CC2C)ccc1Cl)OCC. The highest BCUT2D eigenvalue weighted by molar-refractivity contribution is 7.94. The summed E-state index contributed by atoms with van der Waals surface area (Å²) in [6.45, 7) is 5.00. The molecule has 12 heteroatoms. The number of fused-ring (bicyclic) bond motifs is 1. The molecule has 2 aromatic rings. The predicted octanol–water partition coefficient (Wildman–Crippen LogP) is 3.90. The lowest BCUT2D eigenvalue weighted by molar-refractivity contribution is 0.0946. The summed E-state index contributed by atoms with van der Waals surface area (Å²) < 4.78 is 50.3. The molecule has 2 aromatic carbocycles. The maximum absolute atomic E-state index is 12.9. The van der Waals surface area contributed by atoms with Crippen molar-refractivity contribution in [2.45, 2.75) is 38.1 Å². The number of benzene rings is 2. The van der Waals surface area contributed by atoms with E-state index in [2.05, 4.69) is 5.43 Å². The zero-order valence-corrected chi connectivity index (χ0v) is 20.3. The summed E-state index contributed by atoms with van der Waals surface area (Å²) in [6, 6.07) is 11.6. The van der Waals surface area contributed by atoms with Gasteiger partial charge in [-0.1, -0.05) is 29.8 Å². The van der Waals surface area contributed by atoms with Gasteiger partial charge < -0.3 is 0 Å². The summed E-state index contributed by atoms with van der Waals surface area (Å²) in [5.41, 5.74) is 4.87. The Morgan fingerprint density at radius 2 is 1.84 bits per heavy atom. The van der Waals surface area contributed by atoms with E-state index in [9.17, 15) is 17.8 Å². The molecule has 32 heavy (non-hydrogen) atoms. The van der Waals surface area contributed by atoms with E-state index in [-0.39, 0.29) is 29.8 Å². The number of hydrogen-bond donors (Lipinski definition) is 2. The van der Waals surface area contributed by atoms with E-state index in [0.717, 1.165) is 23.7 Å². The van der Waals surface area contributed by atoms with E-state index in [1.54, 1.807) is 18.9 Å². The van der Waals surface area contributed by atoms with Gasteiger partial charge in [0.15, 0.2) is 0 Å². The Balaban J connectivity index is 1.87. The van der Waals surface area contributed by atoms with Crippen LogP contribution in [-0.2, 0) is 30.1 Å². The number of carbonyl (C=O) groups excluding carboxylic acids is 1. The maximum Gasteiger partial charge on any atom is 0.419 e. The van der Waals surface area contributed by atoms with Gasteiger partial charge in [-0.2, -0.15) is 0 Å². The van der Waals surface area contributed by atoms with Crippen molar-refractivity contribution in [3.63, 3.8) is 0 Å². The topological polar surface area (TPSA) is 114 Å². The van der Waals surface area contributed by atoms with Crippen LogP contribution in [0.4, 0.5) is 5.69 Å². The molecule has 1 heterocycles. The lowest BCUT2D eigenvalue weighted by Crippen LogP contribution is -2.45. The number of hydrazine groups is 1. The van der Waals surface area contributed by atoms with Crippen LogP contribution in [-0.4, -0.2) is 33.6 Å². The molecular formula is C20H25ClN3O6PS. The van der Waals surface area contributed by atoms with Gasteiger partial charge in [0, 0.05) is 5.56 Å². The molecule has 0 bridgehead atoms. The highest BCUT2D eigenvalue weighted by atomic mass is 35.5. The molecule has 0 aromatic heterocycles. The van der Waals surface area contributed by atoms with E-state index in [4.69, 9.17) is 20.6 Å². The van der Waals surface area contributed by atoms with Gasteiger partial charge in [0.05, 0.1) is 30.0 Å². The first-order valence-corrected chi connectivity index (χ1v) is 13.4. The molecule has 0 saturated heterocycles. The smallest absolute Gasteiger partial charge is 0.296 e. The summed E-state index contributed by atoms with van der Waals surface area (Å²) in [5, 5.41) is 1.60. The van der Waals surface area contributed by atoms with Crippen molar-refractivity contribution in [3.8, 4) is 0 Å². The monoisotopic (exact) mass is 501 g/mol. The number of hydrogen-bond acceptors (Lipinski definition) is 7. The molecule has 9 nitrogen and oxygen atoms in total. The first kappa shape index (κ1) is 24.7. The van der Waals surface area contributed by atoms with Crippen molar-refractivity contribution >= 4 is 41.0 Å². The summed E-state index contributed by atoms with van der Waals surface area (Å²) in [4.78, 5) is 12.5. The Kier molecular flexibility index (Phi) is 7.65. The molecule has 1 unspecified atom stereocenters. The van der Waals surface area contributed by atoms with Crippen LogP contribution < -0.4 is 14.9 Å². The Morgan fingerprint density at radius 3 is 2.50 bits per heavy atom. The van der Waals surface area contributed by atoms with Gasteiger partial charge >= 0.3 is 7.75 Å². The van der Waals surface area contributed by atoms with Crippen LogP contribution in [0.1, 0.15) is 36.7 Å². The van der Waals surface area contributed by atoms with Crippen molar-refractivity contribution in [1.82, 2.24) is 9.92 Å². The molecule has 174 valence electrons. The molecule has 2 N–H and O–H groups in total. The third kappa shape index (κ3) is 5.33. The Bertz CT molecular complexity index is 1150. The zero-order valence-electron chi connectivity index (χ0n) is 17.9. The summed E-state index contributed by atoms with van der Waals surface area (Å²) in [6.07, 6.45) is 0.769. The van der Waals surface area contributed by atoms with Crippen LogP contribution in [0.15, 0.2) is 47.4 Å². The van der Waals surface area contributed by atoms with Crippen molar-refractivity contribution < 1.29 is 26.8 Å². The molecule has 1 aliphatic heterocycles. The fourth-order valence-electron chi connectivity index (χ4n) is 3.39. The highest BCUT2D eigenvalue weighted by Gasteiger charge is 2.33. The van der Waals surface area contributed by atoms with E-state index in [0.29, 0.717) is 0 Å². The largest absolute Gasteiger partial charge is 0.419 e. The normalized spacial score (nSPS) is 16.1. The fourth-order valence-corrected chi connectivity index (χ4v) is 7.16. The average molecular weight is 502 g/mol. The minimum atomic E-state index is -4.42. The molecule has 1 amide bonds. The van der Waals surface area contributed by atoms with Crippen molar-refractivity contribution in [1.29, 1.82) is 0 Å². The molecule has 0 fully saturated rings. The molecule has 3 rings (SSSR count). The van der Waals surface area contributed by atoms with Gasteiger partial charge in [-0.25, -0.2) is 13.0 Å². The first-order chi connectivity index (χ1) is 15.1. The summed E-state index contributed by atoms with van der Waals surface area (Å²) in [5.74, 6) is -0.514. The van der Waals surface area contributed by atoms with Crippen molar-refractivity contribution in [2.75, 3.05) is 18.2 Å². The lowest BCUT2D eigenvalue weighted by Gasteiger charge is -2.25. The van der Waals surface area contributed by atoms with Crippen molar-refractivity contribution in [2.24, 2.45) is 0 Å². The van der Waals surface area contributed by atoms with Crippen LogP contribution in [0.3, 0.4) is 0 Å². The second-order valence-electron chi connectivity index (χ2n) is 7.07. The zero-order chi connectivity index (χ0) is 23.5. The number of halogens is 1. The minimum Gasteiger partial charge on any atom is -0.296 e. The molecular weight excluding hydrogens is 477 g/mol. The Hall–Kier alpha value is -1.94. The Morgan fingerprint density at radius 1 is 1.19 bits per heavy atom. The summed E-state index contributed by atoms with van der Waals surface area (Å²) in [7, 11) is -8.56. The number of carbonyl (C=O) groups is 1.